The molecule has 0 atom stereocenters. The Balaban J connectivity index is 1.61. The molecule has 0 saturated heterocycles. The van der Waals surface area contributed by atoms with Crippen molar-refractivity contribution in [3.63, 3.8) is 0 Å². The lowest BCUT2D eigenvalue weighted by Gasteiger charge is -2.05. The van der Waals surface area contributed by atoms with E-state index in [-0.39, 0.29) is 5.91 Å². The van der Waals surface area contributed by atoms with Crippen LogP contribution in [0.3, 0.4) is 0 Å². The summed E-state index contributed by atoms with van der Waals surface area (Å²) < 4.78 is 1.90. The van der Waals surface area contributed by atoms with Gasteiger partial charge in [-0.05, 0) is 43.7 Å². The van der Waals surface area contributed by atoms with Gasteiger partial charge in [-0.25, -0.2) is 4.68 Å². The molecule has 2 heterocycles. The van der Waals surface area contributed by atoms with E-state index in [1.165, 1.54) is 16.9 Å². The smallest absolute Gasteiger partial charge is 0.261 e. The molecular formula is C21H18ClN3OS. The summed E-state index contributed by atoms with van der Waals surface area (Å²) in [6.07, 6.45) is 0. The standard InChI is InChI=1S/C21H18ClN3OS/c1-13-7-9-16(10-8-13)25-21-17(14(2)24-25)11-19(27-21)20(26)23-12-15-5-3-4-6-18(15)22/h3-11H,12H2,1-2H3,(H,23,26). The molecule has 0 bridgehead atoms. The second-order valence-electron chi connectivity index (χ2n) is 6.44. The molecule has 4 aromatic rings. The molecule has 2 aromatic carbocycles. The third kappa shape index (κ3) is 3.48. The largest absolute Gasteiger partial charge is 0.347 e. The number of carbonyl (C=O) groups is 1. The van der Waals surface area contributed by atoms with Gasteiger partial charge in [0.05, 0.1) is 16.3 Å². The molecule has 0 spiro atoms. The van der Waals surface area contributed by atoms with Crippen molar-refractivity contribution < 1.29 is 4.79 Å². The lowest BCUT2D eigenvalue weighted by atomic mass is 10.2. The van der Waals surface area contributed by atoms with E-state index < -0.39 is 0 Å². The Bertz CT molecular complexity index is 1130. The van der Waals surface area contributed by atoms with Crippen LogP contribution in [0.25, 0.3) is 15.9 Å². The summed E-state index contributed by atoms with van der Waals surface area (Å²) in [5.41, 5.74) is 4.00. The average molecular weight is 396 g/mol. The number of aromatic nitrogens is 2. The van der Waals surface area contributed by atoms with Crippen molar-refractivity contribution in [2.24, 2.45) is 0 Å². The van der Waals surface area contributed by atoms with Crippen LogP contribution in [-0.2, 0) is 6.54 Å². The number of aryl methyl sites for hydroxylation is 2. The van der Waals surface area contributed by atoms with Crippen LogP contribution < -0.4 is 5.32 Å². The summed E-state index contributed by atoms with van der Waals surface area (Å²) >= 11 is 7.61. The second-order valence-corrected chi connectivity index (χ2v) is 7.87. The highest BCUT2D eigenvalue weighted by molar-refractivity contribution is 7.20. The van der Waals surface area contributed by atoms with Gasteiger partial charge in [-0.15, -0.1) is 11.3 Å². The minimum absolute atomic E-state index is 0.106. The Labute approximate surface area is 166 Å². The monoisotopic (exact) mass is 395 g/mol. The fourth-order valence-electron chi connectivity index (χ4n) is 2.92. The van der Waals surface area contributed by atoms with Crippen LogP contribution >= 0.6 is 22.9 Å². The Morgan fingerprint density at radius 2 is 1.89 bits per heavy atom. The Morgan fingerprint density at radius 1 is 1.15 bits per heavy atom. The quantitative estimate of drug-likeness (QED) is 0.510. The lowest BCUT2D eigenvalue weighted by molar-refractivity contribution is 0.0955. The van der Waals surface area contributed by atoms with Gasteiger partial charge in [-0.1, -0.05) is 47.5 Å². The van der Waals surface area contributed by atoms with Gasteiger partial charge in [0.1, 0.15) is 4.83 Å². The predicted molar refractivity (Wildman–Crippen MR) is 111 cm³/mol. The zero-order chi connectivity index (χ0) is 19.0. The number of rotatable bonds is 4. The van der Waals surface area contributed by atoms with E-state index in [4.69, 9.17) is 11.6 Å². The van der Waals surface area contributed by atoms with Gasteiger partial charge in [-0.2, -0.15) is 5.10 Å². The molecule has 136 valence electrons. The number of amides is 1. The molecule has 6 heteroatoms. The maximum Gasteiger partial charge on any atom is 0.261 e. The number of carbonyl (C=O) groups excluding carboxylic acids is 1. The highest BCUT2D eigenvalue weighted by atomic mass is 35.5. The van der Waals surface area contributed by atoms with Gasteiger partial charge in [0, 0.05) is 17.0 Å². The van der Waals surface area contributed by atoms with E-state index in [0.717, 1.165) is 27.2 Å². The first-order chi connectivity index (χ1) is 13.0. The summed E-state index contributed by atoms with van der Waals surface area (Å²) in [6.45, 7) is 4.42. The number of nitrogens with zero attached hydrogens (tertiary/aromatic N) is 2. The number of nitrogens with one attached hydrogen (secondary N) is 1. The van der Waals surface area contributed by atoms with Gasteiger partial charge in [0.15, 0.2) is 0 Å². The van der Waals surface area contributed by atoms with E-state index in [1.54, 1.807) is 0 Å². The summed E-state index contributed by atoms with van der Waals surface area (Å²) in [5.74, 6) is -0.106. The zero-order valence-corrected chi connectivity index (χ0v) is 16.6. The van der Waals surface area contributed by atoms with Gasteiger partial charge in [0.2, 0.25) is 0 Å². The maximum absolute atomic E-state index is 12.6. The van der Waals surface area contributed by atoms with Crippen molar-refractivity contribution in [1.82, 2.24) is 15.1 Å². The summed E-state index contributed by atoms with van der Waals surface area (Å²) in [4.78, 5) is 14.3. The Kier molecular flexibility index (Phi) is 4.72. The van der Waals surface area contributed by atoms with Crippen molar-refractivity contribution in [1.29, 1.82) is 0 Å². The van der Waals surface area contributed by atoms with Crippen molar-refractivity contribution in [2.75, 3.05) is 0 Å². The number of fused-ring (bicyclic) bond motifs is 1. The van der Waals surface area contributed by atoms with E-state index in [2.05, 4.69) is 29.5 Å². The van der Waals surface area contributed by atoms with Crippen LogP contribution in [0.2, 0.25) is 5.02 Å². The minimum Gasteiger partial charge on any atom is -0.347 e. The van der Waals surface area contributed by atoms with E-state index in [9.17, 15) is 4.79 Å². The molecule has 0 saturated carbocycles. The first-order valence-electron chi connectivity index (χ1n) is 8.61. The molecule has 2 aromatic heterocycles. The van der Waals surface area contributed by atoms with Crippen LogP contribution in [0.15, 0.2) is 54.6 Å². The van der Waals surface area contributed by atoms with Crippen LogP contribution in [-0.4, -0.2) is 15.7 Å². The highest BCUT2D eigenvalue weighted by Gasteiger charge is 2.17. The van der Waals surface area contributed by atoms with E-state index in [0.29, 0.717) is 16.4 Å². The van der Waals surface area contributed by atoms with Crippen LogP contribution in [0, 0.1) is 13.8 Å². The first kappa shape index (κ1) is 17.8. The van der Waals surface area contributed by atoms with Crippen LogP contribution in [0.1, 0.15) is 26.5 Å². The minimum atomic E-state index is -0.106. The molecule has 1 N–H and O–H groups in total. The number of thiophene rings is 1. The summed E-state index contributed by atoms with van der Waals surface area (Å²) in [5, 5.41) is 9.24. The summed E-state index contributed by atoms with van der Waals surface area (Å²) in [7, 11) is 0. The number of hydrogen-bond acceptors (Lipinski definition) is 3. The molecular weight excluding hydrogens is 378 g/mol. The fraction of sp³-hybridized carbons (Fsp3) is 0.143. The van der Waals surface area contributed by atoms with Gasteiger partial charge in [-0.3, -0.25) is 4.79 Å². The number of benzene rings is 2. The first-order valence-corrected chi connectivity index (χ1v) is 9.80. The van der Waals surface area contributed by atoms with Gasteiger partial charge >= 0.3 is 0 Å². The summed E-state index contributed by atoms with van der Waals surface area (Å²) in [6, 6.07) is 17.6. The fourth-order valence-corrected chi connectivity index (χ4v) is 4.23. The Morgan fingerprint density at radius 3 is 2.63 bits per heavy atom. The molecule has 27 heavy (non-hydrogen) atoms. The van der Waals surface area contributed by atoms with Crippen LogP contribution in [0.5, 0.6) is 0 Å². The number of halogens is 1. The zero-order valence-electron chi connectivity index (χ0n) is 15.0. The number of hydrogen-bond donors (Lipinski definition) is 1. The van der Waals surface area contributed by atoms with E-state index in [1.807, 2.05) is 54.1 Å². The van der Waals surface area contributed by atoms with Gasteiger partial charge < -0.3 is 5.32 Å². The molecule has 0 aliphatic rings. The second kappa shape index (κ2) is 7.18. The molecule has 4 nitrogen and oxygen atoms in total. The van der Waals surface area contributed by atoms with E-state index >= 15 is 0 Å². The average Bonchev–Trinajstić information content (AvgIpc) is 3.22. The van der Waals surface area contributed by atoms with Crippen LogP contribution in [0.4, 0.5) is 0 Å². The van der Waals surface area contributed by atoms with Crippen molar-refractivity contribution in [3.8, 4) is 5.69 Å². The molecule has 1 amide bonds. The topological polar surface area (TPSA) is 46.9 Å². The highest BCUT2D eigenvalue weighted by Crippen LogP contribution is 2.30. The van der Waals surface area contributed by atoms with Gasteiger partial charge in [0.25, 0.3) is 5.91 Å². The SMILES string of the molecule is Cc1ccc(-n2nc(C)c3cc(C(=O)NCc4ccccc4Cl)sc32)cc1. The third-order valence-corrected chi connectivity index (χ3v) is 5.92. The normalized spacial score (nSPS) is 11.1. The molecule has 0 aliphatic carbocycles. The Hall–Kier alpha value is -2.63. The third-order valence-electron chi connectivity index (χ3n) is 4.44. The predicted octanol–water partition coefficient (Wildman–Crippen LogP) is 5.29. The van der Waals surface area contributed by atoms with Crippen molar-refractivity contribution in [3.05, 3.63) is 81.3 Å². The lowest BCUT2D eigenvalue weighted by Crippen LogP contribution is -2.21. The van der Waals surface area contributed by atoms with Crippen molar-refractivity contribution >= 4 is 39.1 Å². The molecule has 0 radical (unpaired) electrons. The van der Waals surface area contributed by atoms with Crippen molar-refractivity contribution in [2.45, 2.75) is 20.4 Å². The molecule has 4 rings (SSSR count). The molecule has 0 fully saturated rings. The molecule has 0 unspecified atom stereocenters. The maximum atomic E-state index is 12.6. The molecule has 0 aliphatic heterocycles.